The van der Waals surface area contributed by atoms with Crippen LogP contribution in [0.15, 0.2) is 29.8 Å². The van der Waals surface area contributed by atoms with Gasteiger partial charge in [0.2, 0.25) is 0 Å². The van der Waals surface area contributed by atoms with Crippen LogP contribution >= 0.6 is 0 Å². The molecule has 4 nitrogen and oxygen atoms in total. The minimum atomic E-state index is -0.841. The van der Waals surface area contributed by atoms with Crippen molar-refractivity contribution in [3.05, 3.63) is 35.4 Å². The monoisotopic (exact) mass is 289 g/mol. The summed E-state index contributed by atoms with van der Waals surface area (Å²) in [7, 11) is 0. The Morgan fingerprint density at radius 2 is 2.10 bits per heavy atom. The predicted octanol–water partition coefficient (Wildman–Crippen LogP) is 3.96. The van der Waals surface area contributed by atoms with Crippen LogP contribution in [0, 0.1) is 5.41 Å². The van der Waals surface area contributed by atoms with Gasteiger partial charge in [-0.3, -0.25) is 0 Å². The summed E-state index contributed by atoms with van der Waals surface area (Å²) in [6, 6.07) is 7.11. The lowest BCUT2D eigenvalue weighted by Gasteiger charge is -2.42. The van der Waals surface area contributed by atoms with Crippen molar-refractivity contribution in [3.63, 3.8) is 0 Å². The Hall–Kier alpha value is -1.97. The van der Waals surface area contributed by atoms with Gasteiger partial charge >= 0.3 is 6.09 Å². The normalized spacial score (nSPS) is 21.6. The fourth-order valence-corrected chi connectivity index (χ4v) is 2.86. The number of likely N-dealkylation sites (tertiary alicyclic amines) is 1. The molecule has 4 heteroatoms. The molecule has 2 N–H and O–H groups in total. The van der Waals surface area contributed by atoms with Gasteiger partial charge in [-0.15, -0.1) is 0 Å². The first kappa shape index (κ1) is 15.4. The first-order chi connectivity index (χ1) is 9.77. The van der Waals surface area contributed by atoms with E-state index in [2.05, 4.69) is 26.8 Å². The number of phenolic OH excluding ortho intramolecular Hbond substituents is 1. The molecule has 1 fully saturated rings. The number of amides is 1. The number of piperidine rings is 1. The lowest BCUT2D eigenvalue weighted by molar-refractivity contribution is 0.0724. The molecule has 2 rings (SSSR count). The van der Waals surface area contributed by atoms with Crippen LogP contribution in [0.2, 0.25) is 0 Å². The fourth-order valence-electron chi connectivity index (χ4n) is 2.86. The van der Waals surface area contributed by atoms with Crippen molar-refractivity contribution in [2.45, 2.75) is 39.7 Å². The number of benzene rings is 1. The van der Waals surface area contributed by atoms with Crippen molar-refractivity contribution in [2.24, 2.45) is 5.41 Å². The molecule has 1 atom stereocenters. The van der Waals surface area contributed by atoms with Gasteiger partial charge in [0.25, 0.3) is 0 Å². The molecule has 1 saturated heterocycles. The summed E-state index contributed by atoms with van der Waals surface area (Å²) < 4.78 is 0. The van der Waals surface area contributed by atoms with E-state index in [-0.39, 0.29) is 17.2 Å². The van der Waals surface area contributed by atoms with E-state index in [1.54, 1.807) is 17.0 Å². The zero-order valence-corrected chi connectivity index (χ0v) is 12.8. The number of aromatic hydroxyl groups is 1. The highest BCUT2D eigenvalue weighted by Crippen LogP contribution is 2.35. The van der Waals surface area contributed by atoms with Crippen molar-refractivity contribution in [3.8, 4) is 5.75 Å². The third kappa shape index (κ3) is 3.78. The van der Waals surface area contributed by atoms with Gasteiger partial charge in [0.15, 0.2) is 0 Å². The molecule has 1 aliphatic heterocycles. The van der Waals surface area contributed by atoms with Gasteiger partial charge in [-0.05, 0) is 36.0 Å². The zero-order chi connectivity index (χ0) is 15.6. The second kappa shape index (κ2) is 5.80. The van der Waals surface area contributed by atoms with Crippen LogP contribution in [0.3, 0.4) is 0 Å². The van der Waals surface area contributed by atoms with Gasteiger partial charge in [0.05, 0.1) is 0 Å². The molecule has 1 aliphatic rings. The fraction of sp³-hybridized carbons (Fsp3) is 0.471. The maximum absolute atomic E-state index is 11.4. The van der Waals surface area contributed by atoms with Crippen LogP contribution in [0.1, 0.15) is 39.2 Å². The Morgan fingerprint density at radius 1 is 1.38 bits per heavy atom. The molecule has 114 valence electrons. The predicted molar refractivity (Wildman–Crippen MR) is 83.3 cm³/mol. The number of hydrogen-bond acceptors (Lipinski definition) is 2. The van der Waals surface area contributed by atoms with E-state index in [1.165, 1.54) is 5.57 Å². The third-order valence-corrected chi connectivity index (χ3v) is 3.99. The van der Waals surface area contributed by atoms with E-state index in [4.69, 9.17) is 0 Å². The topological polar surface area (TPSA) is 60.8 Å². The molecule has 0 aromatic heterocycles. The molecular weight excluding hydrogens is 266 g/mol. The standard InChI is InChI=1S/C17H23NO3/c1-17(2,3)15-11-13(7-8-18(15)16(20)21)9-12-5-4-6-14(19)10-12/h4-6,9-10,15,19H,7-8,11H2,1-3H3,(H,20,21). The summed E-state index contributed by atoms with van der Waals surface area (Å²) in [6.07, 6.45) is 2.71. The van der Waals surface area contributed by atoms with Crippen molar-refractivity contribution in [1.82, 2.24) is 4.90 Å². The van der Waals surface area contributed by atoms with Crippen LogP contribution in [0.4, 0.5) is 4.79 Å². The number of nitrogens with zero attached hydrogens (tertiary/aromatic N) is 1. The van der Waals surface area contributed by atoms with E-state index >= 15 is 0 Å². The molecule has 0 aliphatic carbocycles. The molecule has 1 aromatic rings. The highest BCUT2D eigenvalue weighted by molar-refractivity contribution is 5.66. The minimum absolute atomic E-state index is 0.0210. The van der Waals surface area contributed by atoms with Crippen molar-refractivity contribution in [2.75, 3.05) is 6.54 Å². The van der Waals surface area contributed by atoms with Crippen LogP contribution < -0.4 is 0 Å². The van der Waals surface area contributed by atoms with Crippen LogP contribution in [0.5, 0.6) is 5.75 Å². The number of phenols is 1. The molecule has 1 unspecified atom stereocenters. The van der Waals surface area contributed by atoms with Crippen molar-refractivity contribution >= 4 is 12.2 Å². The van der Waals surface area contributed by atoms with Gasteiger partial charge in [-0.25, -0.2) is 4.79 Å². The van der Waals surface area contributed by atoms with Crippen LogP contribution in [0.25, 0.3) is 6.08 Å². The van der Waals surface area contributed by atoms with Gasteiger partial charge in [0.1, 0.15) is 5.75 Å². The third-order valence-electron chi connectivity index (χ3n) is 3.99. The minimum Gasteiger partial charge on any atom is -0.508 e. The molecule has 1 heterocycles. The molecule has 21 heavy (non-hydrogen) atoms. The summed E-state index contributed by atoms with van der Waals surface area (Å²) in [5.74, 6) is 0.250. The number of hydrogen-bond donors (Lipinski definition) is 2. The Labute approximate surface area is 125 Å². The second-order valence-corrected chi connectivity index (χ2v) is 6.71. The quantitative estimate of drug-likeness (QED) is 0.822. The van der Waals surface area contributed by atoms with Crippen LogP contribution in [-0.2, 0) is 0 Å². The molecule has 0 spiro atoms. The summed E-state index contributed by atoms with van der Waals surface area (Å²) in [4.78, 5) is 12.9. The smallest absolute Gasteiger partial charge is 0.407 e. The van der Waals surface area contributed by atoms with E-state index < -0.39 is 6.09 Å². The molecule has 1 aromatic carbocycles. The highest BCUT2D eigenvalue weighted by Gasteiger charge is 2.36. The van der Waals surface area contributed by atoms with Gasteiger partial charge < -0.3 is 15.1 Å². The Kier molecular flexibility index (Phi) is 4.26. The summed E-state index contributed by atoms with van der Waals surface area (Å²) in [6.45, 7) is 6.75. The van der Waals surface area contributed by atoms with Gasteiger partial charge in [0, 0.05) is 12.6 Å². The molecular formula is C17H23NO3. The summed E-state index contributed by atoms with van der Waals surface area (Å²) >= 11 is 0. The number of rotatable bonds is 1. The zero-order valence-electron chi connectivity index (χ0n) is 12.8. The average Bonchev–Trinajstić information content (AvgIpc) is 2.37. The molecule has 0 saturated carbocycles. The highest BCUT2D eigenvalue weighted by atomic mass is 16.4. The first-order valence-electron chi connectivity index (χ1n) is 7.25. The Morgan fingerprint density at radius 3 is 2.67 bits per heavy atom. The van der Waals surface area contributed by atoms with Crippen molar-refractivity contribution < 1.29 is 15.0 Å². The maximum atomic E-state index is 11.4. The van der Waals surface area contributed by atoms with E-state index in [9.17, 15) is 15.0 Å². The average molecular weight is 289 g/mol. The Balaban J connectivity index is 2.23. The maximum Gasteiger partial charge on any atom is 0.407 e. The second-order valence-electron chi connectivity index (χ2n) is 6.71. The van der Waals surface area contributed by atoms with Crippen molar-refractivity contribution in [1.29, 1.82) is 0 Å². The number of carbonyl (C=O) groups is 1. The van der Waals surface area contributed by atoms with E-state index in [0.717, 1.165) is 18.4 Å². The van der Waals surface area contributed by atoms with Crippen LogP contribution in [-0.4, -0.2) is 33.8 Å². The lowest BCUT2D eigenvalue weighted by Crippen LogP contribution is -2.50. The SMILES string of the molecule is CC(C)(C)C1CC(=Cc2cccc(O)c2)CCN1C(=O)O. The molecule has 1 amide bonds. The molecule has 0 bridgehead atoms. The molecule has 0 radical (unpaired) electrons. The van der Waals surface area contributed by atoms with Gasteiger partial charge in [-0.2, -0.15) is 0 Å². The number of carboxylic acid groups (broad SMARTS) is 1. The van der Waals surface area contributed by atoms with E-state index in [1.807, 2.05) is 12.1 Å². The van der Waals surface area contributed by atoms with Gasteiger partial charge in [-0.1, -0.05) is 44.6 Å². The largest absolute Gasteiger partial charge is 0.508 e. The van der Waals surface area contributed by atoms with E-state index in [0.29, 0.717) is 6.54 Å². The summed E-state index contributed by atoms with van der Waals surface area (Å²) in [5.41, 5.74) is 2.09. The Bertz CT molecular complexity index is 557. The summed E-state index contributed by atoms with van der Waals surface area (Å²) in [5, 5.41) is 18.9. The lowest BCUT2D eigenvalue weighted by atomic mass is 9.79. The first-order valence-corrected chi connectivity index (χ1v) is 7.25.